The van der Waals surface area contributed by atoms with Gasteiger partial charge in [-0.25, -0.2) is 12.8 Å². The summed E-state index contributed by atoms with van der Waals surface area (Å²) in [5.74, 6) is -0.127. The van der Waals surface area contributed by atoms with Crippen LogP contribution in [0.2, 0.25) is 0 Å². The van der Waals surface area contributed by atoms with Crippen LogP contribution in [0.5, 0.6) is 0 Å². The van der Waals surface area contributed by atoms with Crippen LogP contribution in [0.15, 0.2) is 23.1 Å². The minimum absolute atomic E-state index is 0.00938. The first kappa shape index (κ1) is 16.4. The number of benzene rings is 1. The second-order valence-corrected chi connectivity index (χ2v) is 7.81. The van der Waals surface area contributed by atoms with Crippen molar-refractivity contribution in [2.24, 2.45) is 11.7 Å². The smallest absolute Gasteiger partial charge is 0.243 e. The number of halogens is 1. The van der Waals surface area contributed by atoms with Crippen LogP contribution in [0, 0.1) is 11.7 Å². The lowest BCUT2D eigenvalue weighted by Gasteiger charge is -2.35. The summed E-state index contributed by atoms with van der Waals surface area (Å²) >= 11 is 0. The topological polar surface area (TPSA) is 63.4 Å². The molecular weight excluding hydrogens is 291 g/mol. The molecule has 1 aliphatic carbocycles. The SMILES string of the molecule is CC1CCCCC1N(C)S(=O)(=O)c1ccc(F)c(CN)c1. The zero-order valence-electron chi connectivity index (χ0n) is 12.5. The Labute approximate surface area is 126 Å². The van der Waals surface area contributed by atoms with E-state index in [1.807, 2.05) is 0 Å². The third-order valence-electron chi connectivity index (χ3n) is 4.45. The molecule has 1 saturated carbocycles. The highest BCUT2D eigenvalue weighted by Gasteiger charge is 2.33. The van der Waals surface area contributed by atoms with Crippen LogP contribution in [0.3, 0.4) is 0 Å². The van der Waals surface area contributed by atoms with E-state index in [0.29, 0.717) is 5.92 Å². The number of hydrogen-bond donors (Lipinski definition) is 1. The summed E-state index contributed by atoms with van der Waals surface area (Å²) in [6, 6.07) is 3.84. The van der Waals surface area contributed by atoms with Crippen LogP contribution < -0.4 is 5.73 Å². The lowest BCUT2D eigenvalue weighted by molar-refractivity contribution is 0.213. The molecule has 0 aromatic heterocycles. The van der Waals surface area contributed by atoms with Crippen LogP contribution in [-0.2, 0) is 16.6 Å². The fourth-order valence-corrected chi connectivity index (χ4v) is 4.58. The van der Waals surface area contributed by atoms with Crippen LogP contribution in [0.1, 0.15) is 38.2 Å². The third-order valence-corrected chi connectivity index (χ3v) is 6.33. The second kappa shape index (κ2) is 6.42. The standard InChI is InChI=1S/C15H23FN2O2S/c1-11-5-3-4-6-15(11)18(2)21(19,20)13-7-8-14(16)12(9-13)10-17/h7-9,11,15H,3-6,10,17H2,1-2H3. The van der Waals surface area contributed by atoms with E-state index >= 15 is 0 Å². The minimum Gasteiger partial charge on any atom is -0.326 e. The molecule has 118 valence electrons. The van der Waals surface area contributed by atoms with Crippen molar-refractivity contribution in [3.05, 3.63) is 29.6 Å². The van der Waals surface area contributed by atoms with Crippen molar-refractivity contribution in [3.8, 4) is 0 Å². The average molecular weight is 314 g/mol. The first-order chi connectivity index (χ1) is 9.87. The maximum atomic E-state index is 13.5. The maximum Gasteiger partial charge on any atom is 0.243 e. The van der Waals surface area contributed by atoms with E-state index in [-0.39, 0.29) is 23.0 Å². The van der Waals surface area contributed by atoms with Gasteiger partial charge in [-0.1, -0.05) is 19.8 Å². The van der Waals surface area contributed by atoms with Gasteiger partial charge in [-0.05, 0) is 37.0 Å². The van der Waals surface area contributed by atoms with Crippen molar-refractivity contribution in [2.75, 3.05) is 7.05 Å². The summed E-state index contributed by atoms with van der Waals surface area (Å²) in [4.78, 5) is 0.115. The Morgan fingerprint density at radius 2 is 2.00 bits per heavy atom. The second-order valence-electron chi connectivity index (χ2n) is 5.81. The van der Waals surface area contributed by atoms with Crippen molar-refractivity contribution in [3.63, 3.8) is 0 Å². The molecule has 0 spiro atoms. The fourth-order valence-electron chi connectivity index (χ4n) is 3.05. The van der Waals surface area contributed by atoms with Crippen LogP contribution >= 0.6 is 0 Å². The zero-order chi connectivity index (χ0) is 15.6. The minimum atomic E-state index is -3.61. The highest BCUT2D eigenvalue weighted by Crippen LogP contribution is 2.31. The number of nitrogens with two attached hydrogens (primary N) is 1. The van der Waals surface area contributed by atoms with E-state index in [1.165, 1.54) is 22.5 Å². The number of rotatable bonds is 4. The summed E-state index contributed by atoms with van der Waals surface area (Å²) in [5, 5.41) is 0. The van der Waals surface area contributed by atoms with Gasteiger partial charge in [-0.2, -0.15) is 4.31 Å². The van der Waals surface area contributed by atoms with Gasteiger partial charge in [0.25, 0.3) is 0 Å². The molecule has 2 N–H and O–H groups in total. The van der Waals surface area contributed by atoms with Crippen molar-refractivity contribution in [1.82, 2.24) is 4.31 Å². The Morgan fingerprint density at radius 3 is 2.62 bits per heavy atom. The molecule has 1 fully saturated rings. The Bertz CT molecular complexity index is 604. The monoisotopic (exact) mass is 314 g/mol. The molecule has 1 aromatic carbocycles. The van der Waals surface area contributed by atoms with Gasteiger partial charge in [-0.15, -0.1) is 0 Å². The van der Waals surface area contributed by atoms with Gasteiger partial charge in [0.2, 0.25) is 10.0 Å². The van der Waals surface area contributed by atoms with Gasteiger partial charge >= 0.3 is 0 Å². The van der Waals surface area contributed by atoms with Gasteiger partial charge in [0.05, 0.1) is 4.90 Å². The summed E-state index contributed by atoms with van der Waals surface area (Å²) in [5.41, 5.74) is 5.68. The number of hydrogen-bond acceptors (Lipinski definition) is 3. The van der Waals surface area contributed by atoms with Gasteiger partial charge in [0, 0.05) is 25.2 Å². The van der Waals surface area contributed by atoms with Gasteiger partial charge in [-0.3, -0.25) is 0 Å². The van der Waals surface area contributed by atoms with Crippen molar-refractivity contribution >= 4 is 10.0 Å². The molecule has 0 heterocycles. The maximum absolute atomic E-state index is 13.5. The zero-order valence-corrected chi connectivity index (χ0v) is 13.4. The highest BCUT2D eigenvalue weighted by molar-refractivity contribution is 7.89. The largest absolute Gasteiger partial charge is 0.326 e. The first-order valence-electron chi connectivity index (χ1n) is 7.34. The van der Waals surface area contributed by atoms with Crippen molar-refractivity contribution < 1.29 is 12.8 Å². The van der Waals surface area contributed by atoms with E-state index < -0.39 is 15.8 Å². The van der Waals surface area contributed by atoms with E-state index in [1.54, 1.807) is 7.05 Å². The molecule has 4 nitrogen and oxygen atoms in total. The molecule has 2 atom stereocenters. The fraction of sp³-hybridized carbons (Fsp3) is 0.600. The Morgan fingerprint density at radius 1 is 1.33 bits per heavy atom. The Kier molecular flexibility index (Phi) is 5.01. The van der Waals surface area contributed by atoms with Crippen LogP contribution in [0.4, 0.5) is 4.39 Å². The Balaban J connectivity index is 2.32. The highest BCUT2D eigenvalue weighted by atomic mass is 32.2. The first-order valence-corrected chi connectivity index (χ1v) is 8.78. The summed E-state index contributed by atoms with van der Waals surface area (Å²) in [6.07, 6.45) is 4.12. The molecule has 6 heteroatoms. The molecule has 21 heavy (non-hydrogen) atoms. The normalized spacial score (nSPS) is 23.5. The molecule has 0 amide bonds. The van der Waals surface area contributed by atoms with Gasteiger partial charge in [0.15, 0.2) is 0 Å². The lowest BCUT2D eigenvalue weighted by Crippen LogP contribution is -2.42. The molecule has 0 aliphatic heterocycles. The summed E-state index contributed by atoms with van der Waals surface area (Å²) in [6.45, 7) is 2.07. The van der Waals surface area contributed by atoms with Crippen molar-refractivity contribution in [2.45, 2.75) is 50.1 Å². The number of sulfonamides is 1. The molecule has 2 rings (SSSR count). The molecule has 1 aromatic rings. The predicted octanol–water partition coefficient (Wildman–Crippen LogP) is 2.48. The van der Waals surface area contributed by atoms with E-state index in [2.05, 4.69) is 6.92 Å². The quantitative estimate of drug-likeness (QED) is 0.928. The summed E-state index contributed by atoms with van der Waals surface area (Å²) in [7, 11) is -1.99. The average Bonchev–Trinajstić information content (AvgIpc) is 2.47. The molecule has 1 aliphatic rings. The lowest BCUT2D eigenvalue weighted by atomic mass is 9.86. The Hall–Kier alpha value is -0.980. The predicted molar refractivity (Wildman–Crippen MR) is 80.7 cm³/mol. The van der Waals surface area contributed by atoms with Crippen LogP contribution in [-0.4, -0.2) is 25.8 Å². The van der Waals surface area contributed by atoms with E-state index in [4.69, 9.17) is 5.73 Å². The van der Waals surface area contributed by atoms with Crippen LogP contribution in [0.25, 0.3) is 0 Å². The summed E-state index contributed by atoms with van der Waals surface area (Å²) < 4.78 is 40.4. The van der Waals surface area contributed by atoms with E-state index in [9.17, 15) is 12.8 Å². The van der Waals surface area contributed by atoms with E-state index in [0.717, 1.165) is 25.7 Å². The van der Waals surface area contributed by atoms with Crippen molar-refractivity contribution in [1.29, 1.82) is 0 Å². The molecule has 2 unspecified atom stereocenters. The molecular formula is C15H23FN2O2S. The molecule has 0 radical (unpaired) electrons. The molecule has 0 bridgehead atoms. The van der Waals surface area contributed by atoms with Gasteiger partial charge in [0.1, 0.15) is 5.82 Å². The number of nitrogens with zero attached hydrogens (tertiary/aromatic N) is 1. The van der Waals surface area contributed by atoms with Gasteiger partial charge < -0.3 is 5.73 Å². The third kappa shape index (κ3) is 3.27. The molecule has 0 saturated heterocycles.